The fourth-order valence-corrected chi connectivity index (χ4v) is 2.47. The second-order valence-corrected chi connectivity index (χ2v) is 5.36. The van der Waals surface area contributed by atoms with Gasteiger partial charge in [0.1, 0.15) is 0 Å². The SMILES string of the molecule is CCc1cccc(S(=O)(=O)CC(F)(F)F)c1. The lowest BCUT2D eigenvalue weighted by atomic mass is 10.2. The Labute approximate surface area is 92.0 Å². The Morgan fingerprint density at radius 1 is 1.25 bits per heavy atom. The fourth-order valence-electron chi connectivity index (χ4n) is 1.26. The summed E-state index contributed by atoms with van der Waals surface area (Å²) in [5, 5.41) is 0. The molecule has 0 atom stereocenters. The molecule has 6 heteroatoms. The minimum atomic E-state index is -4.71. The molecule has 1 aromatic rings. The van der Waals surface area contributed by atoms with Crippen molar-refractivity contribution in [1.29, 1.82) is 0 Å². The van der Waals surface area contributed by atoms with Crippen LogP contribution in [0.4, 0.5) is 13.2 Å². The molecule has 0 bridgehead atoms. The number of benzene rings is 1. The minimum absolute atomic E-state index is 0.274. The lowest BCUT2D eigenvalue weighted by Gasteiger charge is -2.08. The second kappa shape index (κ2) is 4.45. The summed E-state index contributed by atoms with van der Waals surface area (Å²) in [5.41, 5.74) is 0.697. The van der Waals surface area contributed by atoms with E-state index in [0.717, 1.165) is 0 Å². The van der Waals surface area contributed by atoms with Gasteiger partial charge in [-0.25, -0.2) is 8.42 Å². The smallest absolute Gasteiger partial charge is 0.223 e. The van der Waals surface area contributed by atoms with Gasteiger partial charge in [0, 0.05) is 0 Å². The first-order valence-electron chi connectivity index (χ1n) is 4.63. The first-order chi connectivity index (χ1) is 7.24. The van der Waals surface area contributed by atoms with E-state index < -0.39 is 21.8 Å². The summed E-state index contributed by atoms with van der Waals surface area (Å²) in [5.74, 6) is -1.81. The number of hydrogen-bond donors (Lipinski definition) is 0. The van der Waals surface area contributed by atoms with Gasteiger partial charge < -0.3 is 0 Å². The summed E-state index contributed by atoms with van der Waals surface area (Å²) in [6.07, 6.45) is -4.13. The lowest BCUT2D eigenvalue weighted by molar-refractivity contribution is -0.106. The van der Waals surface area contributed by atoms with Crippen molar-refractivity contribution in [2.75, 3.05) is 5.75 Å². The van der Waals surface area contributed by atoms with Crippen LogP contribution in [0.5, 0.6) is 0 Å². The number of halogens is 3. The molecule has 0 aliphatic rings. The zero-order valence-corrected chi connectivity index (χ0v) is 9.40. The highest BCUT2D eigenvalue weighted by molar-refractivity contribution is 7.91. The predicted molar refractivity (Wildman–Crippen MR) is 53.9 cm³/mol. The van der Waals surface area contributed by atoms with E-state index in [2.05, 4.69) is 0 Å². The van der Waals surface area contributed by atoms with Crippen molar-refractivity contribution in [2.45, 2.75) is 24.4 Å². The lowest BCUT2D eigenvalue weighted by Crippen LogP contribution is -2.22. The van der Waals surface area contributed by atoms with Gasteiger partial charge in [0.25, 0.3) is 0 Å². The van der Waals surface area contributed by atoms with Crippen molar-refractivity contribution in [3.8, 4) is 0 Å². The van der Waals surface area contributed by atoms with Crippen LogP contribution in [0.2, 0.25) is 0 Å². The van der Waals surface area contributed by atoms with Gasteiger partial charge in [-0.3, -0.25) is 0 Å². The largest absolute Gasteiger partial charge is 0.403 e. The molecule has 1 rings (SSSR count). The molecule has 0 aliphatic carbocycles. The summed E-state index contributed by atoms with van der Waals surface area (Å²) >= 11 is 0. The van der Waals surface area contributed by atoms with Crippen LogP contribution in [0.15, 0.2) is 29.2 Å². The number of alkyl halides is 3. The zero-order chi connectivity index (χ0) is 12.4. The molecule has 0 unspecified atom stereocenters. The van der Waals surface area contributed by atoms with E-state index in [1.807, 2.05) is 0 Å². The average molecular weight is 252 g/mol. The summed E-state index contributed by atoms with van der Waals surface area (Å²) < 4.78 is 58.9. The summed E-state index contributed by atoms with van der Waals surface area (Å²) in [6.45, 7) is 1.80. The van der Waals surface area contributed by atoms with Gasteiger partial charge in [-0.2, -0.15) is 13.2 Å². The molecular weight excluding hydrogens is 241 g/mol. The molecule has 90 valence electrons. The van der Waals surface area contributed by atoms with E-state index >= 15 is 0 Å². The third-order valence-electron chi connectivity index (χ3n) is 2.02. The molecular formula is C10H11F3O2S. The van der Waals surface area contributed by atoms with E-state index in [4.69, 9.17) is 0 Å². The Balaban J connectivity index is 3.08. The van der Waals surface area contributed by atoms with Gasteiger partial charge in [0.15, 0.2) is 15.6 Å². The minimum Gasteiger partial charge on any atom is -0.223 e. The highest BCUT2D eigenvalue weighted by Crippen LogP contribution is 2.22. The van der Waals surface area contributed by atoms with Gasteiger partial charge in [-0.15, -0.1) is 0 Å². The molecule has 0 saturated carbocycles. The highest BCUT2D eigenvalue weighted by Gasteiger charge is 2.35. The van der Waals surface area contributed by atoms with E-state index in [0.29, 0.717) is 12.0 Å². The van der Waals surface area contributed by atoms with Crippen molar-refractivity contribution < 1.29 is 21.6 Å². The van der Waals surface area contributed by atoms with Crippen molar-refractivity contribution in [3.05, 3.63) is 29.8 Å². The third-order valence-corrected chi connectivity index (χ3v) is 3.70. The molecule has 0 saturated heterocycles. The van der Waals surface area contributed by atoms with Crippen LogP contribution in [-0.2, 0) is 16.3 Å². The zero-order valence-electron chi connectivity index (χ0n) is 8.58. The van der Waals surface area contributed by atoms with Gasteiger partial charge in [0.2, 0.25) is 0 Å². The van der Waals surface area contributed by atoms with Crippen LogP contribution in [0.1, 0.15) is 12.5 Å². The van der Waals surface area contributed by atoms with Crippen LogP contribution in [0.3, 0.4) is 0 Å². The Kier molecular flexibility index (Phi) is 3.62. The quantitative estimate of drug-likeness (QED) is 0.828. The summed E-state index contributed by atoms with van der Waals surface area (Å²) in [6, 6.07) is 5.58. The van der Waals surface area contributed by atoms with Gasteiger partial charge in [-0.05, 0) is 24.1 Å². The molecule has 2 nitrogen and oxygen atoms in total. The van der Waals surface area contributed by atoms with Gasteiger partial charge in [0.05, 0.1) is 4.90 Å². The molecule has 1 aromatic carbocycles. The second-order valence-electron chi connectivity index (χ2n) is 3.38. The standard InChI is InChI=1S/C10H11F3O2S/c1-2-8-4-3-5-9(6-8)16(14,15)7-10(11,12)13/h3-6H,2,7H2,1H3. The van der Waals surface area contributed by atoms with Crippen LogP contribution < -0.4 is 0 Å². The van der Waals surface area contributed by atoms with Crippen molar-refractivity contribution in [3.63, 3.8) is 0 Å². The third kappa shape index (κ3) is 3.52. The molecule has 0 amide bonds. The Morgan fingerprint density at radius 2 is 1.88 bits per heavy atom. The Bertz CT molecular complexity index is 463. The number of hydrogen-bond acceptors (Lipinski definition) is 2. The topological polar surface area (TPSA) is 34.1 Å². The Hall–Kier alpha value is -1.04. The maximum Gasteiger partial charge on any atom is 0.403 e. The van der Waals surface area contributed by atoms with Crippen molar-refractivity contribution >= 4 is 9.84 Å². The molecule has 0 N–H and O–H groups in total. The van der Waals surface area contributed by atoms with Crippen LogP contribution in [0, 0.1) is 0 Å². The Morgan fingerprint density at radius 3 is 2.38 bits per heavy atom. The normalized spacial score (nSPS) is 12.8. The van der Waals surface area contributed by atoms with E-state index in [1.54, 1.807) is 13.0 Å². The number of rotatable bonds is 3. The van der Waals surface area contributed by atoms with Gasteiger partial charge in [-0.1, -0.05) is 19.1 Å². The van der Waals surface area contributed by atoms with Crippen molar-refractivity contribution in [1.82, 2.24) is 0 Å². The summed E-state index contributed by atoms with van der Waals surface area (Å²) in [7, 11) is -4.28. The average Bonchev–Trinajstić information content (AvgIpc) is 2.14. The van der Waals surface area contributed by atoms with Gasteiger partial charge >= 0.3 is 6.18 Å². The monoisotopic (exact) mass is 252 g/mol. The maximum atomic E-state index is 12.0. The molecule has 16 heavy (non-hydrogen) atoms. The predicted octanol–water partition coefficient (Wildman–Crippen LogP) is 2.59. The first kappa shape index (κ1) is 13.0. The fraction of sp³-hybridized carbons (Fsp3) is 0.400. The summed E-state index contributed by atoms with van der Waals surface area (Å²) in [4.78, 5) is -0.274. The molecule has 0 heterocycles. The number of sulfone groups is 1. The number of aryl methyl sites for hydroxylation is 1. The van der Waals surface area contributed by atoms with Crippen LogP contribution in [-0.4, -0.2) is 20.3 Å². The first-order valence-corrected chi connectivity index (χ1v) is 6.28. The van der Waals surface area contributed by atoms with Crippen LogP contribution in [0.25, 0.3) is 0 Å². The molecule has 0 fully saturated rings. The van der Waals surface area contributed by atoms with E-state index in [9.17, 15) is 21.6 Å². The highest BCUT2D eigenvalue weighted by atomic mass is 32.2. The molecule has 0 radical (unpaired) electrons. The molecule has 0 spiro atoms. The maximum absolute atomic E-state index is 12.0. The molecule has 0 aromatic heterocycles. The van der Waals surface area contributed by atoms with Crippen LogP contribution >= 0.6 is 0 Å². The van der Waals surface area contributed by atoms with E-state index in [-0.39, 0.29) is 4.90 Å². The van der Waals surface area contributed by atoms with E-state index in [1.165, 1.54) is 18.2 Å². The van der Waals surface area contributed by atoms with Crippen molar-refractivity contribution in [2.24, 2.45) is 0 Å². The molecule has 0 aliphatic heterocycles.